The van der Waals surface area contributed by atoms with Gasteiger partial charge in [-0.05, 0) is 32.2 Å². The minimum Gasteiger partial charge on any atom is -0.381 e. The van der Waals surface area contributed by atoms with Crippen molar-refractivity contribution < 1.29 is 4.74 Å². The highest BCUT2D eigenvalue weighted by atomic mass is 16.5. The topological polar surface area (TPSA) is 27.7 Å². The van der Waals surface area contributed by atoms with Gasteiger partial charge in [-0.3, -0.25) is 0 Å². The lowest BCUT2D eigenvalue weighted by molar-refractivity contribution is 0.0706. The second-order valence-electron chi connectivity index (χ2n) is 6.85. The zero-order valence-corrected chi connectivity index (χ0v) is 12.4. The first-order chi connectivity index (χ1) is 9.30. The van der Waals surface area contributed by atoms with Gasteiger partial charge in [-0.15, -0.1) is 0 Å². The summed E-state index contributed by atoms with van der Waals surface area (Å²) in [5.74, 6) is 1.03. The molecular formula is C15H29N3O. The van der Waals surface area contributed by atoms with Gasteiger partial charge < -0.3 is 19.9 Å². The van der Waals surface area contributed by atoms with Gasteiger partial charge in [-0.25, -0.2) is 0 Å². The van der Waals surface area contributed by atoms with E-state index >= 15 is 0 Å². The molecule has 0 spiro atoms. The number of nitrogens with zero attached hydrogens (tertiary/aromatic N) is 2. The molecule has 4 heteroatoms. The van der Waals surface area contributed by atoms with Gasteiger partial charge >= 0.3 is 0 Å². The molecule has 4 nitrogen and oxygen atoms in total. The van der Waals surface area contributed by atoms with Crippen LogP contribution < -0.4 is 5.32 Å². The van der Waals surface area contributed by atoms with Crippen LogP contribution in [0.2, 0.25) is 0 Å². The van der Waals surface area contributed by atoms with E-state index in [1.165, 1.54) is 58.5 Å². The fourth-order valence-corrected chi connectivity index (χ4v) is 3.61. The molecule has 3 rings (SSSR count). The van der Waals surface area contributed by atoms with Crippen LogP contribution in [-0.4, -0.2) is 75.9 Å². The van der Waals surface area contributed by atoms with Crippen LogP contribution in [0.3, 0.4) is 0 Å². The van der Waals surface area contributed by atoms with Crippen molar-refractivity contribution in [3.05, 3.63) is 0 Å². The molecule has 2 saturated heterocycles. The smallest absolute Gasteiger partial charge is 0.0547 e. The van der Waals surface area contributed by atoms with Crippen molar-refractivity contribution in [3.8, 4) is 0 Å². The zero-order chi connectivity index (χ0) is 13.1. The quantitative estimate of drug-likeness (QED) is 0.764. The van der Waals surface area contributed by atoms with Crippen LogP contribution in [0.1, 0.15) is 19.3 Å². The number of ether oxygens (including phenoxy) is 1. The first-order valence-electron chi connectivity index (χ1n) is 7.97. The van der Waals surface area contributed by atoms with E-state index in [0.717, 1.165) is 25.7 Å². The van der Waals surface area contributed by atoms with E-state index in [4.69, 9.17) is 4.74 Å². The van der Waals surface area contributed by atoms with E-state index in [-0.39, 0.29) is 0 Å². The maximum atomic E-state index is 5.66. The lowest BCUT2D eigenvalue weighted by Gasteiger charge is -2.39. The molecule has 1 N–H and O–H groups in total. The van der Waals surface area contributed by atoms with Crippen LogP contribution in [0, 0.1) is 11.3 Å². The zero-order valence-electron chi connectivity index (χ0n) is 12.4. The Hall–Kier alpha value is -0.160. The molecule has 1 unspecified atom stereocenters. The third-order valence-electron chi connectivity index (χ3n) is 4.97. The molecule has 1 aliphatic carbocycles. The second kappa shape index (κ2) is 6.08. The van der Waals surface area contributed by atoms with E-state index in [0.29, 0.717) is 5.41 Å². The first kappa shape index (κ1) is 13.8. The molecular weight excluding hydrogens is 238 g/mol. The van der Waals surface area contributed by atoms with E-state index in [1.54, 1.807) is 0 Å². The van der Waals surface area contributed by atoms with Crippen LogP contribution in [0.4, 0.5) is 0 Å². The normalized spacial score (nSPS) is 33.9. The summed E-state index contributed by atoms with van der Waals surface area (Å²) in [6, 6.07) is 0. The van der Waals surface area contributed by atoms with Crippen molar-refractivity contribution in [1.82, 2.24) is 15.1 Å². The molecule has 0 radical (unpaired) electrons. The Kier molecular flexibility index (Phi) is 4.42. The Morgan fingerprint density at radius 2 is 1.89 bits per heavy atom. The Labute approximate surface area is 117 Å². The Morgan fingerprint density at radius 1 is 1.16 bits per heavy atom. The van der Waals surface area contributed by atoms with Crippen LogP contribution in [0.15, 0.2) is 0 Å². The van der Waals surface area contributed by atoms with E-state index in [2.05, 4.69) is 22.2 Å². The molecule has 3 fully saturated rings. The minimum atomic E-state index is 0.368. The Morgan fingerprint density at radius 3 is 2.47 bits per heavy atom. The lowest BCUT2D eigenvalue weighted by Crippen LogP contribution is -2.52. The third-order valence-corrected chi connectivity index (χ3v) is 4.97. The van der Waals surface area contributed by atoms with Gasteiger partial charge in [0, 0.05) is 57.8 Å². The number of hydrogen-bond donors (Lipinski definition) is 1. The number of piperazine rings is 1. The van der Waals surface area contributed by atoms with Crippen molar-refractivity contribution in [2.75, 3.05) is 66.1 Å². The number of nitrogens with one attached hydrogen (secondary N) is 1. The largest absolute Gasteiger partial charge is 0.381 e. The summed E-state index contributed by atoms with van der Waals surface area (Å²) in [5.41, 5.74) is 0.368. The average Bonchev–Trinajstić information content (AvgIpc) is 3.11. The monoisotopic (exact) mass is 267 g/mol. The molecule has 110 valence electrons. The predicted octanol–water partition coefficient (Wildman–Crippen LogP) is 0.640. The average molecular weight is 267 g/mol. The van der Waals surface area contributed by atoms with Gasteiger partial charge in [0.15, 0.2) is 0 Å². The highest BCUT2D eigenvalue weighted by Crippen LogP contribution is 2.31. The molecule has 0 aromatic carbocycles. The van der Waals surface area contributed by atoms with Crippen LogP contribution >= 0.6 is 0 Å². The van der Waals surface area contributed by atoms with Crippen molar-refractivity contribution in [3.63, 3.8) is 0 Å². The van der Waals surface area contributed by atoms with E-state index < -0.39 is 0 Å². The standard InChI is InChI=1S/C15H29N3O/c1-16-11-15(4-9-19-13-15)12-18-7-5-17(6-8-18)10-14-2-3-14/h14,16H,2-13H2,1H3. The molecule has 2 heterocycles. The molecule has 1 saturated carbocycles. The summed E-state index contributed by atoms with van der Waals surface area (Å²) < 4.78 is 5.66. The fourth-order valence-electron chi connectivity index (χ4n) is 3.61. The summed E-state index contributed by atoms with van der Waals surface area (Å²) in [6.45, 7) is 10.6. The summed E-state index contributed by atoms with van der Waals surface area (Å²) in [7, 11) is 2.06. The van der Waals surface area contributed by atoms with E-state index in [1.807, 2.05) is 0 Å². The highest BCUT2D eigenvalue weighted by molar-refractivity contribution is 4.90. The van der Waals surface area contributed by atoms with Gasteiger partial charge in [0.1, 0.15) is 0 Å². The summed E-state index contributed by atoms with van der Waals surface area (Å²) in [4.78, 5) is 5.33. The molecule has 19 heavy (non-hydrogen) atoms. The molecule has 1 atom stereocenters. The van der Waals surface area contributed by atoms with Crippen LogP contribution in [-0.2, 0) is 4.74 Å². The Balaban J connectivity index is 1.44. The highest BCUT2D eigenvalue weighted by Gasteiger charge is 2.37. The minimum absolute atomic E-state index is 0.368. The number of hydrogen-bond acceptors (Lipinski definition) is 4. The second-order valence-corrected chi connectivity index (χ2v) is 6.85. The van der Waals surface area contributed by atoms with Gasteiger partial charge in [0.05, 0.1) is 6.61 Å². The summed E-state index contributed by atoms with van der Waals surface area (Å²) in [5, 5.41) is 3.37. The van der Waals surface area contributed by atoms with Crippen molar-refractivity contribution >= 4 is 0 Å². The SMILES string of the molecule is CNCC1(CN2CCN(CC3CC3)CC2)CCOC1. The lowest BCUT2D eigenvalue weighted by atomic mass is 9.86. The number of rotatable bonds is 6. The van der Waals surface area contributed by atoms with E-state index in [9.17, 15) is 0 Å². The first-order valence-corrected chi connectivity index (χ1v) is 7.97. The molecule has 0 amide bonds. The molecule has 2 aliphatic heterocycles. The Bertz CT molecular complexity index is 279. The molecule has 0 aromatic heterocycles. The summed E-state index contributed by atoms with van der Waals surface area (Å²) >= 11 is 0. The summed E-state index contributed by atoms with van der Waals surface area (Å²) in [6.07, 6.45) is 4.17. The van der Waals surface area contributed by atoms with Gasteiger partial charge in [-0.2, -0.15) is 0 Å². The maximum Gasteiger partial charge on any atom is 0.0547 e. The van der Waals surface area contributed by atoms with Crippen molar-refractivity contribution in [2.45, 2.75) is 19.3 Å². The van der Waals surface area contributed by atoms with Crippen LogP contribution in [0.5, 0.6) is 0 Å². The maximum absolute atomic E-state index is 5.66. The molecule has 3 aliphatic rings. The van der Waals surface area contributed by atoms with Gasteiger partial charge in [0.25, 0.3) is 0 Å². The van der Waals surface area contributed by atoms with Gasteiger partial charge in [-0.1, -0.05) is 0 Å². The van der Waals surface area contributed by atoms with Crippen molar-refractivity contribution in [1.29, 1.82) is 0 Å². The molecule has 0 bridgehead atoms. The predicted molar refractivity (Wildman–Crippen MR) is 77.4 cm³/mol. The third kappa shape index (κ3) is 3.69. The van der Waals surface area contributed by atoms with Gasteiger partial charge in [0.2, 0.25) is 0 Å². The van der Waals surface area contributed by atoms with Crippen molar-refractivity contribution in [2.24, 2.45) is 11.3 Å². The fraction of sp³-hybridized carbons (Fsp3) is 1.00. The van der Waals surface area contributed by atoms with Crippen LogP contribution in [0.25, 0.3) is 0 Å². The molecule has 0 aromatic rings.